The van der Waals surface area contributed by atoms with Crippen molar-refractivity contribution in [1.29, 1.82) is 0 Å². The fourth-order valence-electron chi connectivity index (χ4n) is 4.16. The molecular formula is C28H31N7O. The second-order valence-corrected chi connectivity index (χ2v) is 9.10. The lowest BCUT2D eigenvalue weighted by Crippen LogP contribution is -2.08. The topological polar surface area (TPSA) is 91.5 Å². The van der Waals surface area contributed by atoms with Gasteiger partial charge in [0.25, 0.3) is 5.88 Å². The number of benzene rings is 2. The first-order valence-corrected chi connectivity index (χ1v) is 12.7. The third-order valence-electron chi connectivity index (χ3n) is 6.34. The molecule has 5 aromatic rings. The van der Waals surface area contributed by atoms with E-state index in [1.807, 2.05) is 62.5 Å². The first kappa shape index (κ1) is 23.8. The molecule has 0 N–H and O–H groups in total. The van der Waals surface area contributed by atoms with Gasteiger partial charge in [-0.1, -0.05) is 62.4 Å². The number of rotatable bonds is 10. The van der Waals surface area contributed by atoms with Crippen LogP contribution in [0.1, 0.15) is 56.8 Å². The van der Waals surface area contributed by atoms with Crippen molar-refractivity contribution < 1.29 is 4.74 Å². The second-order valence-electron chi connectivity index (χ2n) is 9.10. The predicted molar refractivity (Wildman–Crippen MR) is 141 cm³/mol. The average Bonchev–Trinajstić information content (AvgIpc) is 3.38. The molecule has 3 aromatic heterocycles. The van der Waals surface area contributed by atoms with Gasteiger partial charge in [0.15, 0.2) is 0 Å². The van der Waals surface area contributed by atoms with Gasteiger partial charge >= 0.3 is 0 Å². The Morgan fingerprint density at radius 1 is 0.750 bits per heavy atom. The quantitative estimate of drug-likeness (QED) is 0.220. The Hall–Kier alpha value is -3.94. The van der Waals surface area contributed by atoms with E-state index in [4.69, 9.17) is 14.7 Å². The standard InChI is InChI=1S/C28H31N7O/c1-4-5-6-7-8-11-16-36-28-27(31-22-12-9-10-13-23(22)32-28)35-18-26(33-34-35)21-14-15-24-25(17-21)30-20(3)19(2)29-24/h9-10,12-15,17-18H,4-8,11,16H2,1-3H3. The summed E-state index contributed by atoms with van der Waals surface area (Å²) in [6, 6.07) is 13.7. The van der Waals surface area contributed by atoms with Gasteiger partial charge in [-0.25, -0.2) is 19.9 Å². The molecule has 0 amide bonds. The van der Waals surface area contributed by atoms with Crippen LogP contribution in [0.4, 0.5) is 0 Å². The molecule has 0 atom stereocenters. The summed E-state index contributed by atoms with van der Waals surface area (Å²) < 4.78 is 7.76. The molecule has 3 heterocycles. The zero-order valence-corrected chi connectivity index (χ0v) is 21.1. The van der Waals surface area contributed by atoms with Gasteiger partial charge in [0.05, 0.1) is 46.3 Å². The lowest BCUT2D eigenvalue weighted by molar-refractivity contribution is 0.291. The lowest BCUT2D eigenvalue weighted by atomic mass is 10.1. The van der Waals surface area contributed by atoms with Gasteiger partial charge in [-0.05, 0) is 44.5 Å². The monoisotopic (exact) mass is 481 g/mol. The first-order chi connectivity index (χ1) is 17.6. The zero-order chi connectivity index (χ0) is 24.9. The van der Waals surface area contributed by atoms with Crippen molar-refractivity contribution in [3.05, 3.63) is 60.0 Å². The van der Waals surface area contributed by atoms with Gasteiger partial charge < -0.3 is 4.74 Å². The van der Waals surface area contributed by atoms with Gasteiger partial charge in [0.2, 0.25) is 5.82 Å². The van der Waals surface area contributed by atoms with Crippen molar-refractivity contribution in [2.45, 2.75) is 59.3 Å². The first-order valence-electron chi connectivity index (χ1n) is 12.7. The number of unbranched alkanes of at least 4 members (excludes halogenated alkanes) is 5. The van der Waals surface area contributed by atoms with Crippen molar-refractivity contribution in [3.63, 3.8) is 0 Å². The van der Waals surface area contributed by atoms with Crippen LogP contribution in [-0.4, -0.2) is 41.5 Å². The molecule has 0 aliphatic heterocycles. The summed E-state index contributed by atoms with van der Waals surface area (Å²) in [6.45, 7) is 6.76. The Kier molecular flexibility index (Phi) is 7.11. The summed E-state index contributed by atoms with van der Waals surface area (Å²) in [4.78, 5) is 18.9. The molecule has 36 heavy (non-hydrogen) atoms. The predicted octanol–water partition coefficient (Wildman–Crippen LogP) is 6.18. The summed E-state index contributed by atoms with van der Waals surface area (Å²) in [6.07, 6.45) is 9.03. The minimum atomic E-state index is 0.467. The zero-order valence-electron chi connectivity index (χ0n) is 21.1. The van der Waals surface area contributed by atoms with Crippen LogP contribution in [-0.2, 0) is 0 Å². The number of ether oxygens (including phenoxy) is 1. The Balaban J connectivity index is 1.42. The summed E-state index contributed by atoms with van der Waals surface area (Å²) >= 11 is 0. The number of para-hydroxylation sites is 2. The van der Waals surface area contributed by atoms with E-state index in [-0.39, 0.29) is 0 Å². The Morgan fingerprint density at radius 3 is 2.25 bits per heavy atom. The summed E-state index contributed by atoms with van der Waals surface area (Å²) in [7, 11) is 0. The van der Waals surface area contributed by atoms with E-state index in [0.29, 0.717) is 24.0 Å². The molecule has 2 aromatic carbocycles. The average molecular weight is 482 g/mol. The van der Waals surface area contributed by atoms with E-state index in [1.54, 1.807) is 4.68 Å². The molecule has 0 aliphatic carbocycles. The van der Waals surface area contributed by atoms with E-state index in [2.05, 4.69) is 27.2 Å². The molecule has 0 bridgehead atoms. The van der Waals surface area contributed by atoms with Crippen LogP contribution >= 0.6 is 0 Å². The van der Waals surface area contributed by atoms with Crippen molar-refractivity contribution in [3.8, 4) is 23.0 Å². The smallest absolute Gasteiger partial charge is 0.260 e. The van der Waals surface area contributed by atoms with Crippen molar-refractivity contribution in [1.82, 2.24) is 34.9 Å². The highest BCUT2D eigenvalue weighted by molar-refractivity contribution is 5.80. The summed E-state index contributed by atoms with van der Waals surface area (Å²) in [5.41, 5.74) is 6.75. The minimum Gasteiger partial charge on any atom is -0.475 e. The molecular weight excluding hydrogens is 450 g/mol. The molecule has 0 aliphatic rings. The molecule has 184 valence electrons. The number of hydrogen-bond acceptors (Lipinski definition) is 7. The SMILES string of the molecule is CCCCCCCCOc1nc2ccccc2nc1-n1cc(-c2ccc3nc(C)c(C)nc3c2)nn1. The van der Waals surface area contributed by atoms with Gasteiger partial charge in [0.1, 0.15) is 5.69 Å². The van der Waals surface area contributed by atoms with Crippen LogP contribution in [0.2, 0.25) is 0 Å². The maximum absolute atomic E-state index is 6.12. The van der Waals surface area contributed by atoms with E-state index < -0.39 is 0 Å². The van der Waals surface area contributed by atoms with Crippen molar-refractivity contribution >= 4 is 22.1 Å². The van der Waals surface area contributed by atoms with Crippen LogP contribution in [0.15, 0.2) is 48.7 Å². The van der Waals surface area contributed by atoms with Gasteiger partial charge in [-0.15, -0.1) is 5.10 Å². The molecule has 0 radical (unpaired) electrons. The number of hydrogen-bond donors (Lipinski definition) is 0. The second kappa shape index (κ2) is 10.8. The van der Waals surface area contributed by atoms with E-state index in [0.717, 1.165) is 51.9 Å². The van der Waals surface area contributed by atoms with Crippen LogP contribution in [0.5, 0.6) is 5.88 Å². The lowest BCUT2D eigenvalue weighted by Gasteiger charge is -2.10. The van der Waals surface area contributed by atoms with Crippen LogP contribution in [0.3, 0.4) is 0 Å². The summed E-state index contributed by atoms with van der Waals surface area (Å²) in [5, 5.41) is 8.78. The summed E-state index contributed by atoms with van der Waals surface area (Å²) in [5.74, 6) is 1.000. The molecule has 0 fully saturated rings. The van der Waals surface area contributed by atoms with Crippen molar-refractivity contribution in [2.24, 2.45) is 0 Å². The Labute approximate surface area is 210 Å². The van der Waals surface area contributed by atoms with E-state index in [9.17, 15) is 0 Å². The van der Waals surface area contributed by atoms with Gasteiger partial charge in [-0.3, -0.25) is 0 Å². The van der Waals surface area contributed by atoms with E-state index in [1.165, 1.54) is 25.7 Å². The molecule has 8 heteroatoms. The molecule has 0 saturated carbocycles. The maximum atomic E-state index is 6.12. The number of fused-ring (bicyclic) bond motifs is 2. The highest BCUT2D eigenvalue weighted by Crippen LogP contribution is 2.26. The normalized spacial score (nSPS) is 11.4. The Morgan fingerprint density at radius 2 is 1.44 bits per heavy atom. The number of aryl methyl sites for hydroxylation is 2. The minimum absolute atomic E-state index is 0.467. The van der Waals surface area contributed by atoms with E-state index >= 15 is 0 Å². The fourth-order valence-corrected chi connectivity index (χ4v) is 4.16. The molecule has 0 saturated heterocycles. The van der Waals surface area contributed by atoms with Crippen LogP contribution < -0.4 is 4.74 Å². The third-order valence-corrected chi connectivity index (χ3v) is 6.34. The maximum Gasteiger partial charge on any atom is 0.260 e. The number of nitrogens with zero attached hydrogens (tertiary/aromatic N) is 7. The van der Waals surface area contributed by atoms with Gasteiger partial charge in [-0.2, -0.15) is 4.68 Å². The molecule has 0 spiro atoms. The largest absolute Gasteiger partial charge is 0.475 e. The highest BCUT2D eigenvalue weighted by Gasteiger charge is 2.16. The molecule has 5 rings (SSSR count). The van der Waals surface area contributed by atoms with Gasteiger partial charge in [0, 0.05) is 5.56 Å². The van der Waals surface area contributed by atoms with Crippen molar-refractivity contribution in [2.75, 3.05) is 6.61 Å². The highest BCUT2D eigenvalue weighted by atomic mass is 16.5. The molecule has 8 nitrogen and oxygen atoms in total. The molecule has 0 unspecified atom stereocenters. The Bertz CT molecular complexity index is 1490. The van der Waals surface area contributed by atoms with Crippen LogP contribution in [0, 0.1) is 13.8 Å². The number of aromatic nitrogens is 7. The van der Waals surface area contributed by atoms with Crippen LogP contribution in [0.25, 0.3) is 39.1 Å². The third kappa shape index (κ3) is 5.17. The fraction of sp³-hybridized carbons (Fsp3) is 0.357.